The highest BCUT2D eigenvalue weighted by Crippen LogP contribution is 2.24. The summed E-state index contributed by atoms with van der Waals surface area (Å²) in [4.78, 5) is 15.2. The molecular weight excluding hydrogens is 364 g/mol. The quantitative estimate of drug-likeness (QED) is 0.532. The highest BCUT2D eigenvalue weighted by molar-refractivity contribution is 14.1. The lowest BCUT2D eigenvalue weighted by atomic mass is 10.1. The molecule has 0 aliphatic rings. The standard InChI is InChI=1S/C13H7FINOS/c14-8-1-2-9-10(5-16-11(9)4-8)13(17)7-3-12(15)18-6-7/h1-6,16H. The van der Waals surface area contributed by atoms with Crippen molar-refractivity contribution in [1.29, 1.82) is 0 Å². The summed E-state index contributed by atoms with van der Waals surface area (Å²) in [6, 6.07) is 6.25. The van der Waals surface area contributed by atoms with Gasteiger partial charge in [-0.1, -0.05) is 0 Å². The number of fused-ring (bicyclic) bond motifs is 1. The van der Waals surface area contributed by atoms with Crippen LogP contribution in [0.5, 0.6) is 0 Å². The lowest BCUT2D eigenvalue weighted by Crippen LogP contribution is -1.98. The summed E-state index contributed by atoms with van der Waals surface area (Å²) < 4.78 is 14.1. The van der Waals surface area contributed by atoms with E-state index >= 15 is 0 Å². The van der Waals surface area contributed by atoms with Crippen molar-refractivity contribution in [2.45, 2.75) is 0 Å². The van der Waals surface area contributed by atoms with E-state index in [1.807, 2.05) is 11.4 Å². The van der Waals surface area contributed by atoms with E-state index in [-0.39, 0.29) is 11.6 Å². The van der Waals surface area contributed by atoms with Crippen LogP contribution in [0, 0.1) is 8.70 Å². The zero-order chi connectivity index (χ0) is 12.7. The molecule has 0 saturated heterocycles. The van der Waals surface area contributed by atoms with E-state index in [1.54, 1.807) is 12.3 Å². The van der Waals surface area contributed by atoms with Crippen LogP contribution in [0.4, 0.5) is 4.39 Å². The summed E-state index contributed by atoms with van der Waals surface area (Å²) in [5.74, 6) is -0.347. The fourth-order valence-electron chi connectivity index (χ4n) is 1.87. The van der Waals surface area contributed by atoms with Gasteiger partial charge in [-0.25, -0.2) is 4.39 Å². The second-order valence-electron chi connectivity index (χ2n) is 3.86. The van der Waals surface area contributed by atoms with Crippen molar-refractivity contribution in [2.75, 3.05) is 0 Å². The van der Waals surface area contributed by atoms with Crippen LogP contribution in [0.1, 0.15) is 15.9 Å². The lowest BCUT2D eigenvalue weighted by Gasteiger charge is -1.96. The SMILES string of the molecule is O=C(c1csc(I)c1)c1c[nH]c2cc(F)ccc12. The molecule has 2 heterocycles. The van der Waals surface area contributed by atoms with Gasteiger partial charge in [-0.15, -0.1) is 11.3 Å². The first-order valence-electron chi connectivity index (χ1n) is 5.20. The molecule has 0 radical (unpaired) electrons. The molecule has 0 spiro atoms. The Balaban J connectivity index is 2.12. The highest BCUT2D eigenvalue weighted by atomic mass is 127. The minimum Gasteiger partial charge on any atom is -0.360 e. The summed E-state index contributed by atoms with van der Waals surface area (Å²) in [5.41, 5.74) is 1.90. The topological polar surface area (TPSA) is 32.9 Å². The fourth-order valence-corrected chi connectivity index (χ4v) is 3.20. The fraction of sp³-hybridized carbons (Fsp3) is 0. The minimum absolute atomic E-state index is 0.0352. The molecule has 1 aromatic carbocycles. The second kappa shape index (κ2) is 4.47. The number of ketones is 1. The number of nitrogens with one attached hydrogen (secondary N) is 1. The van der Waals surface area contributed by atoms with E-state index < -0.39 is 0 Å². The first kappa shape index (κ1) is 11.9. The van der Waals surface area contributed by atoms with Crippen molar-refractivity contribution in [3.63, 3.8) is 0 Å². The van der Waals surface area contributed by atoms with E-state index in [9.17, 15) is 9.18 Å². The molecule has 0 saturated carbocycles. The van der Waals surface area contributed by atoms with Gasteiger partial charge in [-0.2, -0.15) is 0 Å². The molecule has 0 amide bonds. The smallest absolute Gasteiger partial charge is 0.196 e. The molecule has 90 valence electrons. The number of benzene rings is 1. The average molecular weight is 371 g/mol. The Labute approximate surface area is 120 Å². The number of thiophene rings is 1. The number of halogens is 2. The van der Waals surface area contributed by atoms with E-state index in [2.05, 4.69) is 27.6 Å². The molecule has 0 atom stereocenters. The van der Waals surface area contributed by atoms with Crippen LogP contribution < -0.4 is 0 Å². The molecule has 18 heavy (non-hydrogen) atoms. The van der Waals surface area contributed by atoms with E-state index in [0.717, 1.165) is 8.27 Å². The van der Waals surface area contributed by atoms with Gasteiger partial charge < -0.3 is 4.98 Å². The zero-order valence-electron chi connectivity index (χ0n) is 9.04. The number of H-pyrrole nitrogens is 1. The van der Waals surface area contributed by atoms with Crippen molar-refractivity contribution >= 4 is 50.6 Å². The summed E-state index contributed by atoms with van der Waals surface area (Å²) >= 11 is 3.72. The zero-order valence-corrected chi connectivity index (χ0v) is 12.0. The van der Waals surface area contributed by atoms with Gasteiger partial charge in [0, 0.05) is 33.6 Å². The Morgan fingerprint density at radius 1 is 1.33 bits per heavy atom. The molecular formula is C13H7FINOS. The molecule has 5 heteroatoms. The molecule has 0 bridgehead atoms. The van der Waals surface area contributed by atoms with Crippen LogP contribution in [0.3, 0.4) is 0 Å². The number of hydrogen-bond donors (Lipinski definition) is 1. The van der Waals surface area contributed by atoms with Gasteiger partial charge in [-0.3, -0.25) is 4.79 Å². The van der Waals surface area contributed by atoms with Gasteiger partial charge in [0.2, 0.25) is 0 Å². The molecule has 2 nitrogen and oxygen atoms in total. The minimum atomic E-state index is -0.312. The first-order chi connectivity index (χ1) is 8.65. The molecule has 0 fully saturated rings. The predicted molar refractivity (Wildman–Crippen MR) is 78.7 cm³/mol. The summed E-state index contributed by atoms with van der Waals surface area (Å²) in [6.07, 6.45) is 1.64. The van der Waals surface area contributed by atoms with Crippen LogP contribution in [-0.2, 0) is 0 Å². The number of aromatic amines is 1. The molecule has 0 aliphatic heterocycles. The Bertz CT molecular complexity index is 746. The monoisotopic (exact) mass is 371 g/mol. The van der Waals surface area contributed by atoms with Crippen LogP contribution >= 0.6 is 33.9 Å². The average Bonchev–Trinajstić information content (AvgIpc) is 2.94. The van der Waals surface area contributed by atoms with E-state index in [1.165, 1.54) is 23.5 Å². The van der Waals surface area contributed by atoms with Gasteiger partial charge in [0.25, 0.3) is 0 Å². The van der Waals surface area contributed by atoms with Crippen molar-refractivity contribution < 1.29 is 9.18 Å². The van der Waals surface area contributed by atoms with Crippen molar-refractivity contribution in [3.05, 3.63) is 55.7 Å². The second-order valence-corrected chi connectivity index (χ2v) is 6.67. The first-order valence-corrected chi connectivity index (χ1v) is 7.16. The van der Waals surface area contributed by atoms with Gasteiger partial charge in [-0.05, 0) is 46.9 Å². The third-order valence-electron chi connectivity index (χ3n) is 2.72. The molecule has 3 rings (SSSR count). The van der Waals surface area contributed by atoms with Crippen LogP contribution in [0.25, 0.3) is 10.9 Å². The Hall–Kier alpha value is -1.21. The lowest BCUT2D eigenvalue weighted by molar-refractivity contribution is 0.104. The van der Waals surface area contributed by atoms with E-state index in [0.29, 0.717) is 16.6 Å². The van der Waals surface area contributed by atoms with Gasteiger partial charge in [0.15, 0.2) is 5.78 Å². The summed E-state index contributed by atoms with van der Waals surface area (Å²) in [6.45, 7) is 0. The third-order valence-corrected chi connectivity index (χ3v) is 4.51. The van der Waals surface area contributed by atoms with Gasteiger partial charge in [0.1, 0.15) is 5.82 Å². The highest BCUT2D eigenvalue weighted by Gasteiger charge is 2.15. The Kier molecular flexibility index (Phi) is 2.95. The molecule has 3 aromatic rings. The maximum Gasteiger partial charge on any atom is 0.196 e. The normalized spacial score (nSPS) is 11.0. The van der Waals surface area contributed by atoms with Crippen LogP contribution in [0.15, 0.2) is 35.8 Å². The third kappa shape index (κ3) is 1.97. The van der Waals surface area contributed by atoms with Crippen LogP contribution in [0.2, 0.25) is 0 Å². The number of hydrogen-bond acceptors (Lipinski definition) is 2. The van der Waals surface area contributed by atoms with Crippen molar-refractivity contribution in [3.8, 4) is 0 Å². The van der Waals surface area contributed by atoms with Crippen molar-refractivity contribution in [2.24, 2.45) is 0 Å². The number of carbonyl (C=O) groups is 1. The van der Waals surface area contributed by atoms with Gasteiger partial charge in [0.05, 0.1) is 2.88 Å². The Morgan fingerprint density at radius 3 is 2.89 bits per heavy atom. The molecule has 0 unspecified atom stereocenters. The summed E-state index contributed by atoms with van der Waals surface area (Å²) in [7, 11) is 0. The van der Waals surface area contributed by atoms with Crippen molar-refractivity contribution in [1.82, 2.24) is 4.98 Å². The van der Waals surface area contributed by atoms with E-state index in [4.69, 9.17) is 0 Å². The Morgan fingerprint density at radius 2 is 2.17 bits per heavy atom. The number of carbonyl (C=O) groups excluding carboxylic acids is 1. The number of aromatic nitrogens is 1. The maximum atomic E-state index is 13.1. The largest absolute Gasteiger partial charge is 0.360 e. The maximum absolute atomic E-state index is 13.1. The molecule has 0 aliphatic carbocycles. The summed E-state index contributed by atoms with van der Waals surface area (Å²) in [5, 5.41) is 2.59. The number of rotatable bonds is 2. The predicted octanol–water partition coefficient (Wildman–Crippen LogP) is 4.20. The van der Waals surface area contributed by atoms with Gasteiger partial charge >= 0.3 is 0 Å². The molecule has 2 aromatic heterocycles. The van der Waals surface area contributed by atoms with Crippen LogP contribution in [-0.4, -0.2) is 10.8 Å². The molecule has 1 N–H and O–H groups in total.